The van der Waals surface area contributed by atoms with E-state index in [4.69, 9.17) is 14.2 Å². The first kappa shape index (κ1) is 22.7. The van der Waals surface area contributed by atoms with Gasteiger partial charge < -0.3 is 14.2 Å². The highest BCUT2D eigenvalue weighted by atomic mass is 79.9. The number of carbonyl (C=O) groups excluding carboxylic acids is 1. The molecule has 0 aliphatic rings. The first-order valence-corrected chi connectivity index (χ1v) is 10.7. The molecule has 0 aliphatic heterocycles. The molecule has 1 atom stereocenters. The highest BCUT2D eigenvalue weighted by molar-refractivity contribution is 9.11. The molecular formula is C22H24Br2O4. The van der Waals surface area contributed by atoms with Crippen molar-refractivity contribution in [1.82, 2.24) is 0 Å². The van der Waals surface area contributed by atoms with Crippen LogP contribution in [0.3, 0.4) is 0 Å². The summed E-state index contributed by atoms with van der Waals surface area (Å²) in [7, 11) is 0. The quantitative estimate of drug-likeness (QED) is 0.377. The first-order chi connectivity index (χ1) is 13.5. The Morgan fingerprint density at radius 3 is 2.32 bits per heavy atom. The number of benzene rings is 2. The number of hydrogen-bond acceptors (Lipinski definition) is 4. The van der Waals surface area contributed by atoms with Crippen LogP contribution in [0.4, 0.5) is 0 Å². The van der Waals surface area contributed by atoms with Crippen molar-refractivity contribution in [3.8, 4) is 5.75 Å². The zero-order valence-corrected chi connectivity index (χ0v) is 19.2. The minimum absolute atomic E-state index is 0.325. The molecule has 2 aromatic rings. The highest BCUT2D eigenvalue weighted by Crippen LogP contribution is 2.21. The van der Waals surface area contributed by atoms with Crippen LogP contribution in [0.15, 0.2) is 57.5 Å². The summed E-state index contributed by atoms with van der Waals surface area (Å²) in [6, 6.07) is 13.7. The van der Waals surface area contributed by atoms with Gasteiger partial charge >= 0.3 is 5.97 Å². The van der Waals surface area contributed by atoms with E-state index in [1.165, 1.54) is 0 Å². The lowest BCUT2D eigenvalue weighted by Crippen LogP contribution is -2.28. The average Bonchev–Trinajstić information content (AvgIpc) is 2.65. The van der Waals surface area contributed by atoms with E-state index in [1.807, 2.05) is 61.5 Å². The van der Waals surface area contributed by atoms with Gasteiger partial charge in [-0.3, -0.25) is 0 Å². The van der Waals surface area contributed by atoms with E-state index in [1.54, 1.807) is 6.92 Å². The summed E-state index contributed by atoms with van der Waals surface area (Å²) in [5, 5.41) is 0. The fraction of sp³-hybridized carbons (Fsp3) is 0.318. The number of ether oxygens (including phenoxy) is 3. The normalized spacial score (nSPS) is 12.1. The van der Waals surface area contributed by atoms with E-state index in [0.717, 1.165) is 25.8 Å². The highest BCUT2D eigenvalue weighted by Gasteiger charge is 2.20. The van der Waals surface area contributed by atoms with Crippen molar-refractivity contribution in [3.63, 3.8) is 0 Å². The van der Waals surface area contributed by atoms with Crippen molar-refractivity contribution in [2.75, 3.05) is 19.8 Å². The molecule has 0 spiro atoms. The fourth-order valence-corrected chi connectivity index (χ4v) is 3.91. The van der Waals surface area contributed by atoms with Crippen LogP contribution in [0, 0.1) is 0 Å². The van der Waals surface area contributed by atoms with Crippen molar-refractivity contribution in [2.24, 2.45) is 0 Å². The van der Waals surface area contributed by atoms with Crippen LogP contribution in [-0.4, -0.2) is 31.9 Å². The molecule has 0 amide bonds. The SMILES string of the molecule is CCOC(=O)[C@H](Cc1ccc(OCC=Cc2cc(Br)cc(Br)c2)cc1)OCC. The van der Waals surface area contributed by atoms with Crippen LogP contribution < -0.4 is 4.74 Å². The van der Waals surface area contributed by atoms with Crippen LogP contribution in [-0.2, 0) is 20.7 Å². The van der Waals surface area contributed by atoms with E-state index in [0.29, 0.717) is 26.2 Å². The molecule has 150 valence electrons. The molecule has 0 unspecified atom stereocenters. The van der Waals surface area contributed by atoms with Crippen LogP contribution in [0.1, 0.15) is 25.0 Å². The molecule has 2 rings (SSSR count). The summed E-state index contributed by atoms with van der Waals surface area (Å²) in [5.41, 5.74) is 2.08. The lowest BCUT2D eigenvalue weighted by atomic mass is 10.1. The lowest BCUT2D eigenvalue weighted by Gasteiger charge is -2.15. The monoisotopic (exact) mass is 510 g/mol. The van der Waals surface area contributed by atoms with Crippen molar-refractivity contribution in [1.29, 1.82) is 0 Å². The van der Waals surface area contributed by atoms with E-state index >= 15 is 0 Å². The van der Waals surface area contributed by atoms with Gasteiger partial charge in [-0.15, -0.1) is 0 Å². The largest absolute Gasteiger partial charge is 0.490 e. The molecule has 0 fully saturated rings. The molecule has 0 N–H and O–H groups in total. The number of esters is 1. The van der Waals surface area contributed by atoms with Crippen LogP contribution >= 0.6 is 31.9 Å². The second-order valence-electron chi connectivity index (χ2n) is 5.96. The van der Waals surface area contributed by atoms with Crippen LogP contribution in [0.2, 0.25) is 0 Å². The second-order valence-corrected chi connectivity index (χ2v) is 7.79. The minimum atomic E-state index is -0.579. The van der Waals surface area contributed by atoms with Gasteiger partial charge in [0.05, 0.1) is 6.61 Å². The third-order valence-corrected chi connectivity index (χ3v) is 4.72. The summed E-state index contributed by atoms with van der Waals surface area (Å²) in [6.07, 6.45) is 3.87. The minimum Gasteiger partial charge on any atom is -0.490 e. The molecule has 4 nitrogen and oxygen atoms in total. The van der Waals surface area contributed by atoms with Crippen molar-refractivity contribution in [2.45, 2.75) is 26.4 Å². The summed E-state index contributed by atoms with van der Waals surface area (Å²) in [4.78, 5) is 12.0. The first-order valence-electron chi connectivity index (χ1n) is 9.14. The Balaban J connectivity index is 1.87. The van der Waals surface area contributed by atoms with Gasteiger partial charge in [-0.1, -0.05) is 50.1 Å². The van der Waals surface area contributed by atoms with E-state index in [-0.39, 0.29) is 5.97 Å². The predicted molar refractivity (Wildman–Crippen MR) is 119 cm³/mol. The van der Waals surface area contributed by atoms with Gasteiger partial charge in [0.25, 0.3) is 0 Å². The molecule has 0 aromatic heterocycles. The molecular weight excluding hydrogens is 488 g/mol. The number of rotatable bonds is 10. The molecule has 28 heavy (non-hydrogen) atoms. The van der Waals surface area contributed by atoms with E-state index < -0.39 is 6.10 Å². The van der Waals surface area contributed by atoms with Gasteiger partial charge in [-0.2, -0.15) is 0 Å². The summed E-state index contributed by atoms with van der Waals surface area (Å²) >= 11 is 6.95. The van der Waals surface area contributed by atoms with Crippen molar-refractivity contribution < 1.29 is 19.0 Å². The van der Waals surface area contributed by atoms with Gasteiger partial charge in [0.1, 0.15) is 12.4 Å². The van der Waals surface area contributed by atoms with Gasteiger partial charge in [0.2, 0.25) is 0 Å². The predicted octanol–water partition coefficient (Wildman–Crippen LogP) is 5.81. The van der Waals surface area contributed by atoms with Crippen LogP contribution in [0.25, 0.3) is 6.08 Å². The zero-order valence-electron chi connectivity index (χ0n) is 16.0. The summed E-state index contributed by atoms with van der Waals surface area (Å²) < 4.78 is 18.4. The second kappa shape index (κ2) is 12.0. The van der Waals surface area contributed by atoms with Crippen molar-refractivity contribution >= 4 is 43.9 Å². The Kier molecular flexibility index (Phi) is 9.75. The Morgan fingerprint density at radius 1 is 1.04 bits per heavy atom. The molecule has 0 saturated heterocycles. The zero-order chi connectivity index (χ0) is 20.4. The molecule has 0 bridgehead atoms. The lowest BCUT2D eigenvalue weighted by molar-refractivity contribution is -0.156. The molecule has 2 aromatic carbocycles. The third-order valence-electron chi connectivity index (χ3n) is 3.80. The van der Waals surface area contributed by atoms with Gasteiger partial charge in [-0.25, -0.2) is 4.79 Å². The summed E-state index contributed by atoms with van der Waals surface area (Å²) in [6.45, 7) is 4.93. The molecule has 0 aliphatic carbocycles. The maximum absolute atomic E-state index is 12.0. The standard InChI is InChI=1S/C22H24Br2O4/c1-3-26-21(22(25)27-4-2)14-16-7-9-20(10-8-16)28-11-5-6-17-12-18(23)15-19(24)13-17/h5-10,12-13,15,21H,3-4,11,14H2,1-2H3/t21-/m0/s1. The Morgan fingerprint density at radius 2 is 1.71 bits per heavy atom. The maximum Gasteiger partial charge on any atom is 0.335 e. The third kappa shape index (κ3) is 7.78. The van der Waals surface area contributed by atoms with Gasteiger partial charge in [0, 0.05) is 22.0 Å². The molecule has 0 heterocycles. The van der Waals surface area contributed by atoms with Crippen molar-refractivity contribution in [3.05, 3.63) is 68.6 Å². The fourth-order valence-electron chi connectivity index (χ4n) is 2.58. The Labute approximate surface area is 183 Å². The Bertz CT molecular complexity index is 767. The average molecular weight is 512 g/mol. The Hall–Kier alpha value is -1.63. The van der Waals surface area contributed by atoms with Crippen LogP contribution in [0.5, 0.6) is 5.75 Å². The topological polar surface area (TPSA) is 44.8 Å². The van der Waals surface area contributed by atoms with Gasteiger partial charge in [-0.05, 0) is 61.4 Å². The number of hydrogen-bond donors (Lipinski definition) is 0. The van der Waals surface area contributed by atoms with Gasteiger partial charge in [0.15, 0.2) is 6.10 Å². The smallest absolute Gasteiger partial charge is 0.335 e. The molecule has 6 heteroatoms. The van der Waals surface area contributed by atoms with E-state index in [9.17, 15) is 4.79 Å². The maximum atomic E-state index is 12.0. The molecule has 0 radical (unpaired) electrons. The number of halogens is 2. The number of carbonyl (C=O) groups is 1. The van der Waals surface area contributed by atoms with E-state index in [2.05, 4.69) is 31.9 Å². The molecule has 0 saturated carbocycles. The summed E-state index contributed by atoms with van der Waals surface area (Å²) in [5.74, 6) is 0.446.